The van der Waals surface area contributed by atoms with Crippen LogP contribution >= 0.6 is 0 Å². The predicted molar refractivity (Wildman–Crippen MR) is 45.7 cm³/mol. The van der Waals surface area contributed by atoms with E-state index in [1.54, 1.807) is 0 Å². The third-order valence-corrected chi connectivity index (χ3v) is 1.77. The third-order valence-electron chi connectivity index (χ3n) is 1.77. The van der Waals surface area contributed by atoms with Crippen LogP contribution in [0.3, 0.4) is 0 Å². The van der Waals surface area contributed by atoms with Crippen LogP contribution in [0, 0.1) is 5.82 Å². The monoisotopic (exact) mass is 183 g/mol. The second kappa shape index (κ2) is 3.53. The number of ketones is 1. The number of carbonyl (C=O) groups excluding carboxylic acids is 1. The first-order valence-electron chi connectivity index (χ1n) is 3.77. The maximum Gasteiger partial charge on any atom is 0.151 e. The largest absolute Gasteiger partial charge is 0.507 e. The molecule has 0 aliphatic carbocycles. The Morgan fingerprint density at radius 3 is 2.69 bits per heavy atom. The highest BCUT2D eigenvalue weighted by Crippen LogP contribution is 2.23. The zero-order valence-electron chi connectivity index (χ0n) is 7.12. The Labute approximate surface area is 75.0 Å². The van der Waals surface area contributed by atoms with E-state index in [2.05, 4.69) is 0 Å². The Hall–Kier alpha value is -1.42. The fourth-order valence-corrected chi connectivity index (χ4v) is 0.999. The Balaban J connectivity index is 3.08. The second-order valence-electron chi connectivity index (χ2n) is 2.79. The first kappa shape index (κ1) is 9.67. The van der Waals surface area contributed by atoms with Gasteiger partial charge in [0.25, 0.3) is 0 Å². The molecule has 0 aromatic heterocycles. The van der Waals surface area contributed by atoms with Gasteiger partial charge in [0.2, 0.25) is 0 Å². The summed E-state index contributed by atoms with van der Waals surface area (Å²) >= 11 is 0. The van der Waals surface area contributed by atoms with E-state index in [1.807, 2.05) is 0 Å². The summed E-state index contributed by atoms with van der Waals surface area (Å²) in [5, 5.41) is 9.24. The molecule has 0 bridgehead atoms. The minimum Gasteiger partial charge on any atom is -0.507 e. The first-order valence-corrected chi connectivity index (χ1v) is 3.77. The smallest absolute Gasteiger partial charge is 0.151 e. The van der Waals surface area contributed by atoms with E-state index >= 15 is 0 Å². The van der Waals surface area contributed by atoms with Crippen molar-refractivity contribution in [3.8, 4) is 5.75 Å². The van der Waals surface area contributed by atoms with Crippen molar-refractivity contribution in [1.82, 2.24) is 0 Å². The van der Waals surface area contributed by atoms with Crippen molar-refractivity contribution in [2.24, 2.45) is 5.73 Å². The molecule has 1 atom stereocenters. The fourth-order valence-electron chi connectivity index (χ4n) is 0.999. The molecule has 3 nitrogen and oxygen atoms in total. The van der Waals surface area contributed by atoms with Crippen molar-refractivity contribution in [2.45, 2.75) is 13.0 Å². The van der Waals surface area contributed by atoms with E-state index in [0.717, 1.165) is 12.1 Å². The van der Waals surface area contributed by atoms with Crippen molar-refractivity contribution in [1.29, 1.82) is 0 Å². The SMILES string of the molecule is CC(=O)C(N)c1ccc(F)cc1O. The van der Waals surface area contributed by atoms with Gasteiger partial charge in [-0.1, -0.05) is 6.07 Å². The van der Waals surface area contributed by atoms with E-state index < -0.39 is 11.9 Å². The minimum atomic E-state index is -0.888. The van der Waals surface area contributed by atoms with E-state index in [-0.39, 0.29) is 17.1 Å². The zero-order chi connectivity index (χ0) is 10.0. The highest BCUT2D eigenvalue weighted by Gasteiger charge is 2.15. The van der Waals surface area contributed by atoms with Gasteiger partial charge < -0.3 is 10.8 Å². The molecular formula is C9H10FNO2. The van der Waals surface area contributed by atoms with Gasteiger partial charge in [-0.15, -0.1) is 0 Å². The first-order chi connectivity index (χ1) is 6.02. The standard InChI is InChI=1S/C9H10FNO2/c1-5(12)9(11)7-3-2-6(10)4-8(7)13/h2-4,9,13H,11H2,1H3. The molecule has 13 heavy (non-hydrogen) atoms. The molecule has 1 aromatic carbocycles. The number of rotatable bonds is 2. The number of nitrogens with two attached hydrogens (primary N) is 1. The van der Waals surface area contributed by atoms with Crippen LogP contribution in [0.2, 0.25) is 0 Å². The Bertz CT molecular complexity index is 338. The lowest BCUT2D eigenvalue weighted by Gasteiger charge is -2.09. The summed E-state index contributed by atoms with van der Waals surface area (Å²) in [6.07, 6.45) is 0. The van der Waals surface area contributed by atoms with Crippen LogP contribution in [0.4, 0.5) is 4.39 Å². The average Bonchev–Trinajstić information content (AvgIpc) is 2.03. The van der Waals surface area contributed by atoms with Gasteiger partial charge in [0.05, 0.1) is 6.04 Å². The summed E-state index contributed by atoms with van der Waals surface area (Å²) in [6.45, 7) is 1.31. The van der Waals surface area contributed by atoms with E-state index in [1.165, 1.54) is 13.0 Å². The van der Waals surface area contributed by atoms with Crippen LogP contribution in [-0.2, 0) is 4.79 Å². The number of phenolic OH excluding ortho intramolecular Hbond substituents is 1. The topological polar surface area (TPSA) is 63.3 Å². The molecule has 1 rings (SSSR count). The summed E-state index contributed by atoms with van der Waals surface area (Å²) in [5.74, 6) is -1.12. The van der Waals surface area contributed by atoms with Gasteiger partial charge in [0.15, 0.2) is 5.78 Å². The number of Topliss-reactive ketones (excluding diaryl/α,β-unsaturated/α-hetero) is 1. The third kappa shape index (κ3) is 2.03. The number of hydrogen-bond acceptors (Lipinski definition) is 3. The van der Waals surface area contributed by atoms with Gasteiger partial charge in [-0.3, -0.25) is 4.79 Å². The van der Waals surface area contributed by atoms with Crippen molar-refractivity contribution >= 4 is 5.78 Å². The highest BCUT2D eigenvalue weighted by molar-refractivity contribution is 5.83. The lowest BCUT2D eigenvalue weighted by Crippen LogP contribution is -2.18. The second-order valence-corrected chi connectivity index (χ2v) is 2.79. The van der Waals surface area contributed by atoms with Crippen molar-refractivity contribution < 1.29 is 14.3 Å². The molecular weight excluding hydrogens is 173 g/mol. The van der Waals surface area contributed by atoms with Gasteiger partial charge in [-0.05, 0) is 13.0 Å². The van der Waals surface area contributed by atoms with E-state index in [0.29, 0.717) is 0 Å². The van der Waals surface area contributed by atoms with Crippen molar-refractivity contribution in [3.63, 3.8) is 0 Å². The van der Waals surface area contributed by atoms with Crippen molar-refractivity contribution in [2.75, 3.05) is 0 Å². The maximum atomic E-state index is 12.5. The van der Waals surface area contributed by atoms with Gasteiger partial charge in [-0.25, -0.2) is 4.39 Å². The Morgan fingerprint density at radius 1 is 1.62 bits per heavy atom. The van der Waals surface area contributed by atoms with Crippen LogP contribution in [0.25, 0.3) is 0 Å². The van der Waals surface area contributed by atoms with Crippen LogP contribution < -0.4 is 5.73 Å². The average molecular weight is 183 g/mol. The quantitative estimate of drug-likeness (QED) is 0.722. The summed E-state index contributed by atoms with van der Waals surface area (Å²) in [6, 6.07) is 2.49. The van der Waals surface area contributed by atoms with Gasteiger partial charge >= 0.3 is 0 Å². The molecule has 0 fully saturated rings. The number of halogens is 1. The Kier molecular flexibility index (Phi) is 2.63. The summed E-state index contributed by atoms with van der Waals surface area (Å²) in [4.78, 5) is 10.9. The van der Waals surface area contributed by atoms with E-state index in [9.17, 15) is 14.3 Å². The molecule has 0 heterocycles. The molecule has 0 saturated carbocycles. The van der Waals surface area contributed by atoms with Gasteiger partial charge in [0, 0.05) is 11.6 Å². The summed E-state index contributed by atoms with van der Waals surface area (Å²) in [5.41, 5.74) is 5.70. The molecule has 0 radical (unpaired) electrons. The Morgan fingerprint density at radius 2 is 2.23 bits per heavy atom. The number of carbonyl (C=O) groups is 1. The van der Waals surface area contributed by atoms with E-state index in [4.69, 9.17) is 5.73 Å². The van der Waals surface area contributed by atoms with Crippen LogP contribution in [0.1, 0.15) is 18.5 Å². The van der Waals surface area contributed by atoms with Gasteiger partial charge in [-0.2, -0.15) is 0 Å². The fraction of sp³-hybridized carbons (Fsp3) is 0.222. The maximum absolute atomic E-state index is 12.5. The molecule has 0 aliphatic rings. The molecule has 4 heteroatoms. The minimum absolute atomic E-state index is 0.244. The lowest BCUT2D eigenvalue weighted by atomic mass is 10.0. The number of aromatic hydroxyl groups is 1. The number of hydrogen-bond donors (Lipinski definition) is 2. The molecule has 1 unspecified atom stereocenters. The number of phenols is 1. The van der Waals surface area contributed by atoms with Crippen LogP contribution in [0.5, 0.6) is 5.75 Å². The molecule has 1 aromatic rings. The molecule has 0 saturated heterocycles. The van der Waals surface area contributed by atoms with Crippen LogP contribution in [0.15, 0.2) is 18.2 Å². The zero-order valence-corrected chi connectivity index (χ0v) is 7.12. The number of benzene rings is 1. The van der Waals surface area contributed by atoms with Crippen molar-refractivity contribution in [3.05, 3.63) is 29.6 Å². The molecule has 3 N–H and O–H groups in total. The van der Waals surface area contributed by atoms with Gasteiger partial charge in [0.1, 0.15) is 11.6 Å². The molecule has 0 aliphatic heterocycles. The summed E-state index contributed by atoms with van der Waals surface area (Å²) < 4.78 is 12.5. The molecule has 70 valence electrons. The molecule has 0 spiro atoms. The highest BCUT2D eigenvalue weighted by atomic mass is 19.1. The molecule has 0 amide bonds. The summed E-state index contributed by atoms with van der Waals surface area (Å²) in [7, 11) is 0. The lowest BCUT2D eigenvalue weighted by molar-refractivity contribution is -0.118. The normalized spacial score (nSPS) is 12.5. The van der Waals surface area contributed by atoms with Crippen LogP contribution in [-0.4, -0.2) is 10.9 Å². The predicted octanol–water partition coefficient (Wildman–Crippen LogP) is 1.12.